The van der Waals surface area contributed by atoms with Gasteiger partial charge in [0.15, 0.2) is 0 Å². The van der Waals surface area contributed by atoms with E-state index in [-0.39, 0.29) is 24.2 Å². The van der Waals surface area contributed by atoms with E-state index in [2.05, 4.69) is 13.2 Å². The highest BCUT2D eigenvalue weighted by atomic mass is 35.5. The zero-order chi connectivity index (χ0) is 21.7. The van der Waals surface area contributed by atoms with Crippen molar-refractivity contribution in [1.29, 1.82) is 0 Å². The average Bonchev–Trinajstić information content (AvgIpc) is 3.01. The van der Waals surface area contributed by atoms with Crippen LogP contribution in [0.3, 0.4) is 0 Å². The van der Waals surface area contributed by atoms with Crippen LogP contribution in [0.4, 0.5) is 0 Å². The van der Waals surface area contributed by atoms with Crippen molar-refractivity contribution < 1.29 is 39.5 Å². The molecule has 0 aromatic heterocycles. The molecule has 0 radical (unpaired) electrons. The lowest BCUT2D eigenvalue weighted by atomic mass is 9.76. The Kier molecular flexibility index (Phi) is 5.95. The van der Waals surface area contributed by atoms with E-state index in [0.717, 1.165) is 0 Å². The number of ether oxygens (including phenoxy) is 2. The molecule has 8 atom stereocenters. The maximum absolute atomic E-state index is 12.4. The van der Waals surface area contributed by atoms with Gasteiger partial charge in [-0.15, -0.1) is 11.6 Å². The van der Waals surface area contributed by atoms with Crippen molar-refractivity contribution in [2.45, 2.75) is 43.4 Å². The second kappa shape index (κ2) is 7.85. The molecule has 0 aromatic rings. The molecule has 0 aromatic carbocycles. The number of aliphatic hydroxyl groups is 4. The molecule has 8 nitrogen and oxygen atoms in total. The van der Waals surface area contributed by atoms with E-state index in [0.29, 0.717) is 5.57 Å². The molecule has 1 heterocycles. The summed E-state index contributed by atoms with van der Waals surface area (Å²) in [5.41, 5.74) is -1.25. The van der Waals surface area contributed by atoms with Gasteiger partial charge < -0.3 is 29.9 Å². The van der Waals surface area contributed by atoms with Crippen molar-refractivity contribution in [2.24, 2.45) is 17.8 Å². The molecule has 3 aliphatic rings. The number of halogens is 1. The van der Waals surface area contributed by atoms with E-state index in [1.54, 1.807) is 0 Å². The second-order valence-corrected chi connectivity index (χ2v) is 8.18. The van der Waals surface area contributed by atoms with Gasteiger partial charge in [-0.25, -0.2) is 9.59 Å². The fraction of sp³-hybridized carbons (Fsp3) is 0.600. The first kappa shape index (κ1) is 22.0. The van der Waals surface area contributed by atoms with Crippen molar-refractivity contribution in [2.75, 3.05) is 12.5 Å². The number of carbonyl (C=O) groups is 2. The summed E-state index contributed by atoms with van der Waals surface area (Å²) < 4.78 is 11.1. The van der Waals surface area contributed by atoms with Crippen LogP contribution in [0.1, 0.15) is 13.3 Å². The van der Waals surface area contributed by atoms with Gasteiger partial charge in [-0.2, -0.15) is 0 Å². The predicted octanol–water partition coefficient (Wildman–Crippen LogP) is -0.168. The molecule has 3 fully saturated rings. The minimum Gasteiger partial charge on any atom is -0.458 e. The Morgan fingerprint density at radius 3 is 2.62 bits per heavy atom. The first-order valence-electron chi connectivity index (χ1n) is 9.29. The van der Waals surface area contributed by atoms with Crippen LogP contribution in [0.2, 0.25) is 0 Å². The number of aliphatic hydroxyl groups excluding tert-OH is 3. The quantitative estimate of drug-likeness (QED) is 0.210. The molecule has 9 heteroatoms. The molecule has 1 aliphatic heterocycles. The standard InChI is InChI=1S/C20H25ClO8/c1-8(4-5-22)18(25)28-11-6-9(2)12-14(16-13(11)10(3)19(26)29-16)20(27,7-21)17(24)15(12)23/h4,11-17,22-24,27H,2-3,5-7H2,1H3/b8-4+/t11-,12-,13+,14-,15+,16-,17-,20-/m0/s1. The number of carbonyl (C=O) groups excluding carboxylic acids is 2. The minimum atomic E-state index is -1.94. The van der Waals surface area contributed by atoms with Crippen molar-refractivity contribution in [1.82, 2.24) is 0 Å². The Morgan fingerprint density at radius 1 is 1.38 bits per heavy atom. The number of fused-ring (bicyclic) bond motifs is 3. The van der Waals surface area contributed by atoms with E-state index < -0.39 is 65.6 Å². The number of rotatable bonds is 4. The molecular formula is C20H25ClO8. The highest BCUT2D eigenvalue weighted by Gasteiger charge is 2.67. The first-order chi connectivity index (χ1) is 13.6. The molecule has 29 heavy (non-hydrogen) atoms. The van der Waals surface area contributed by atoms with Gasteiger partial charge in [0.25, 0.3) is 0 Å². The number of hydrogen-bond acceptors (Lipinski definition) is 8. The largest absolute Gasteiger partial charge is 0.458 e. The van der Waals surface area contributed by atoms with Crippen molar-refractivity contribution >= 4 is 23.5 Å². The lowest BCUT2D eigenvalue weighted by molar-refractivity contribution is -0.155. The fourth-order valence-electron chi connectivity index (χ4n) is 4.79. The van der Waals surface area contributed by atoms with Crippen LogP contribution < -0.4 is 0 Å². The van der Waals surface area contributed by atoms with E-state index in [1.165, 1.54) is 13.0 Å². The molecule has 160 valence electrons. The summed E-state index contributed by atoms with van der Waals surface area (Å²) in [5.74, 6) is -4.39. The third-order valence-corrected chi connectivity index (χ3v) is 6.74. The van der Waals surface area contributed by atoms with Gasteiger partial charge in [-0.1, -0.05) is 18.7 Å². The Hall–Kier alpha value is -1.71. The summed E-state index contributed by atoms with van der Waals surface area (Å²) in [5, 5.41) is 41.1. The van der Waals surface area contributed by atoms with Crippen LogP contribution >= 0.6 is 11.6 Å². The molecule has 2 aliphatic carbocycles. The van der Waals surface area contributed by atoms with Gasteiger partial charge >= 0.3 is 11.9 Å². The summed E-state index contributed by atoms with van der Waals surface area (Å²) in [6, 6.07) is 0. The lowest BCUT2D eigenvalue weighted by Crippen LogP contribution is -2.52. The Balaban J connectivity index is 2.04. The Bertz CT molecular complexity index is 776. The topological polar surface area (TPSA) is 134 Å². The van der Waals surface area contributed by atoms with Gasteiger partial charge in [0, 0.05) is 29.4 Å². The predicted molar refractivity (Wildman–Crippen MR) is 102 cm³/mol. The van der Waals surface area contributed by atoms with Gasteiger partial charge in [0.1, 0.15) is 23.9 Å². The SMILES string of the molecule is C=C1C[C@H](OC(=O)/C(C)=C/CO)[C@H]2C(=C)C(=O)O[C@@H]2[C@@H]2[C@H]1[C@@H](O)[C@H](O)[C@]2(O)CCl. The van der Waals surface area contributed by atoms with Gasteiger partial charge in [-0.3, -0.25) is 0 Å². The van der Waals surface area contributed by atoms with Crippen LogP contribution in [0.15, 0.2) is 36.0 Å². The van der Waals surface area contributed by atoms with Crippen LogP contribution in [-0.4, -0.2) is 74.9 Å². The fourth-order valence-corrected chi connectivity index (χ4v) is 5.13. The van der Waals surface area contributed by atoms with Crippen LogP contribution in [0.5, 0.6) is 0 Å². The molecular weight excluding hydrogens is 404 g/mol. The van der Waals surface area contributed by atoms with Gasteiger partial charge in [0.05, 0.1) is 24.5 Å². The van der Waals surface area contributed by atoms with Gasteiger partial charge in [0.2, 0.25) is 0 Å². The van der Waals surface area contributed by atoms with E-state index >= 15 is 0 Å². The second-order valence-electron chi connectivity index (χ2n) is 7.91. The molecule has 0 bridgehead atoms. The summed E-state index contributed by atoms with van der Waals surface area (Å²) in [6.45, 7) is 8.87. The molecule has 1 saturated heterocycles. The maximum Gasteiger partial charge on any atom is 0.334 e. The summed E-state index contributed by atoms with van der Waals surface area (Å²) in [6.07, 6.45) is -3.50. The third-order valence-electron chi connectivity index (χ3n) is 6.31. The lowest BCUT2D eigenvalue weighted by Gasteiger charge is -2.36. The number of esters is 2. The molecule has 0 unspecified atom stereocenters. The summed E-state index contributed by atoms with van der Waals surface area (Å²) in [4.78, 5) is 24.7. The van der Waals surface area contributed by atoms with Crippen molar-refractivity contribution in [3.05, 3.63) is 36.0 Å². The molecule has 0 amide bonds. The van der Waals surface area contributed by atoms with Crippen LogP contribution in [0.25, 0.3) is 0 Å². The normalized spacial score (nSPS) is 42.2. The zero-order valence-electron chi connectivity index (χ0n) is 16.0. The van der Waals surface area contributed by atoms with Crippen molar-refractivity contribution in [3.63, 3.8) is 0 Å². The Morgan fingerprint density at radius 2 is 2.03 bits per heavy atom. The number of hydrogen-bond donors (Lipinski definition) is 4. The molecule has 2 saturated carbocycles. The molecule has 0 spiro atoms. The maximum atomic E-state index is 12.4. The highest BCUT2D eigenvalue weighted by molar-refractivity contribution is 6.18. The molecule has 4 N–H and O–H groups in total. The smallest absolute Gasteiger partial charge is 0.334 e. The monoisotopic (exact) mass is 428 g/mol. The first-order valence-corrected chi connectivity index (χ1v) is 9.82. The summed E-state index contributed by atoms with van der Waals surface area (Å²) in [7, 11) is 0. The third kappa shape index (κ3) is 3.33. The van der Waals surface area contributed by atoms with E-state index in [9.17, 15) is 24.9 Å². The van der Waals surface area contributed by atoms with Crippen LogP contribution in [-0.2, 0) is 19.1 Å². The zero-order valence-corrected chi connectivity index (χ0v) is 16.7. The van der Waals surface area contributed by atoms with Crippen molar-refractivity contribution in [3.8, 4) is 0 Å². The van der Waals surface area contributed by atoms with E-state index in [4.69, 9.17) is 26.2 Å². The molecule has 3 rings (SSSR count). The Labute approximate surface area is 173 Å². The summed E-state index contributed by atoms with van der Waals surface area (Å²) >= 11 is 5.96. The van der Waals surface area contributed by atoms with Gasteiger partial charge in [-0.05, 0) is 13.0 Å². The average molecular weight is 429 g/mol. The highest BCUT2D eigenvalue weighted by Crippen LogP contribution is 2.55. The number of alkyl halides is 1. The van der Waals surface area contributed by atoms with E-state index in [1.807, 2.05) is 0 Å². The van der Waals surface area contributed by atoms with Crippen LogP contribution in [0, 0.1) is 17.8 Å². The minimum absolute atomic E-state index is 0.0674.